The molecule has 0 spiro atoms. The molecule has 0 aromatic heterocycles. The van der Waals surface area contributed by atoms with Crippen molar-refractivity contribution in [1.29, 1.82) is 0 Å². The number of ketones is 1. The fraction of sp³-hybridized carbons (Fsp3) is 0.500. The maximum Gasteiger partial charge on any atom is 0.295 e. The molecule has 0 bridgehead atoms. The normalized spacial score (nSPS) is 19.1. The van der Waals surface area contributed by atoms with Gasteiger partial charge in [-0.15, -0.1) is 0 Å². The number of aliphatic hydroxyl groups is 1. The molecule has 4 rings (SSSR count). The van der Waals surface area contributed by atoms with Crippen LogP contribution in [0.3, 0.4) is 0 Å². The monoisotopic (exact) mass is 566 g/mol. The van der Waals surface area contributed by atoms with Crippen LogP contribution in [0.25, 0.3) is 5.76 Å². The molecule has 2 heterocycles. The highest BCUT2D eigenvalue weighted by molar-refractivity contribution is 6.46. The highest BCUT2D eigenvalue weighted by Crippen LogP contribution is 2.42. The van der Waals surface area contributed by atoms with E-state index in [1.807, 2.05) is 32.0 Å². The lowest BCUT2D eigenvalue weighted by Crippen LogP contribution is -2.42. The van der Waals surface area contributed by atoms with Crippen LogP contribution in [-0.2, 0) is 14.3 Å². The first-order valence-electron chi connectivity index (χ1n) is 14.5. The van der Waals surface area contributed by atoms with Gasteiger partial charge in [0.2, 0.25) is 0 Å². The molecule has 0 radical (unpaired) electrons. The van der Waals surface area contributed by atoms with Gasteiger partial charge in [0.05, 0.1) is 44.6 Å². The van der Waals surface area contributed by atoms with Gasteiger partial charge >= 0.3 is 0 Å². The van der Waals surface area contributed by atoms with Gasteiger partial charge in [0, 0.05) is 31.7 Å². The van der Waals surface area contributed by atoms with Gasteiger partial charge in [-0.1, -0.05) is 19.9 Å². The lowest BCUT2D eigenvalue weighted by molar-refractivity contribution is -0.140. The van der Waals surface area contributed by atoms with Crippen LogP contribution < -0.4 is 14.2 Å². The van der Waals surface area contributed by atoms with Crippen LogP contribution in [0.4, 0.5) is 0 Å². The minimum atomic E-state index is -0.786. The average Bonchev–Trinajstić information content (AvgIpc) is 3.22. The SMILES string of the molecule is CCOc1ccc(/C(O)=C2\C(=O)C(=O)N(CCN3CCOCC3)C2c2ccc(OCCC(C)C)c(OCC)c2)cc1. The summed E-state index contributed by atoms with van der Waals surface area (Å²) >= 11 is 0. The average molecular weight is 567 g/mol. The van der Waals surface area contributed by atoms with E-state index in [0.29, 0.717) is 80.4 Å². The van der Waals surface area contributed by atoms with Gasteiger partial charge in [-0.3, -0.25) is 14.5 Å². The molecule has 41 heavy (non-hydrogen) atoms. The molecule has 2 aliphatic rings. The molecular weight excluding hydrogens is 524 g/mol. The molecular formula is C32H42N2O7. The molecule has 0 saturated carbocycles. The second-order valence-electron chi connectivity index (χ2n) is 10.6. The molecule has 9 nitrogen and oxygen atoms in total. The Morgan fingerprint density at radius 1 is 0.951 bits per heavy atom. The van der Waals surface area contributed by atoms with Gasteiger partial charge in [-0.05, 0) is 68.1 Å². The standard InChI is InChI=1S/C32H42N2O7/c1-5-39-25-10-7-23(8-11-25)30(35)28-29(34(32(37)31(28)36)15-14-33-16-19-38-20-17-33)24-9-12-26(27(21-24)40-6-2)41-18-13-22(3)4/h7-12,21-22,29,35H,5-6,13-20H2,1-4H3/b30-28+. The van der Waals surface area contributed by atoms with Crippen molar-refractivity contribution < 1.29 is 33.6 Å². The summed E-state index contributed by atoms with van der Waals surface area (Å²) in [4.78, 5) is 30.7. The molecule has 1 N–H and O–H groups in total. The zero-order valence-corrected chi connectivity index (χ0v) is 24.6. The molecule has 1 atom stereocenters. The number of rotatable bonds is 13. The van der Waals surface area contributed by atoms with Gasteiger partial charge < -0.3 is 29.0 Å². The van der Waals surface area contributed by atoms with Gasteiger partial charge in [0.1, 0.15) is 11.5 Å². The number of amides is 1. The lowest BCUT2D eigenvalue weighted by atomic mass is 9.95. The van der Waals surface area contributed by atoms with Crippen molar-refractivity contribution >= 4 is 17.4 Å². The second-order valence-corrected chi connectivity index (χ2v) is 10.6. The number of carbonyl (C=O) groups is 2. The third-order valence-electron chi connectivity index (χ3n) is 7.28. The molecule has 1 unspecified atom stereocenters. The molecule has 2 saturated heterocycles. The number of hydrogen-bond acceptors (Lipinski definition) is 8. The molecule has 2 aliphatic heterocycles. The number of likely N-dealkylation sites (tertiary alicyclic amines) is 1. The molecule has 222 valence electrons. The van der Waals surface area contributed by atoms with Crippen molar-refractivity contribution in [3.05, 3.63) is 59.2 Å². The van der Waals surface area contributed by atoms with E-state index < -0.39 is 17.7 Å². The van der Waals surface area contributed by atoms with E-state index >= 15 is 0 Å². The van der Waals surface area contributed by atoms with E-state index in [0.717, 1.165) is 19.5 Å². The Hall–Kier alpha value is -3.56. The van der Waals surface area contributed by atoms with Gasteiger partial charge in [-0.25, -0.2) is 0 Å². The van der Waals surface area contributed by atoms with Crippen molar-refractivity contribution in [3.63, 3.8) is 0 Å². The fourth-order valence-corrected chi connectivity index (χ4v) is 5.05. The summed E-state index contributed by atoms with van der Waals surface area (Å²) in [6.07, 6.45) is 0.900. The number of Topliss-reactive ketones (excluding diaryl/α,β-unsaturated/α-hetero) is 1. The summed E-state index contributed by atoms with van der Waals surface area (Å²) in [7, 11) is 0. The van der Waals surface area contributed by atoms with Crippen LogP contribution in [0.15, 0.2) is 48.0 Å². The Labute approximate surface area is 242 Å². The number of nitrogens with zero attached hydrogens (tertiary/aromatic N) is 2. The van der Waals surface area contributed by atoms with Crippen molar-refractivity contribution in [1.82, 2.24) is 9.80 Å². The van der Waals surface area contributed by atoms with Crippen LogP contribution in [0.1, 0.15) is 51.3 Å². The molecule has 2 aromatic carbocycles. The third-order valence-corrected chi connectivity index (χ3v) is 7.28. The number of morpholine rings is 1. The number of benzene rings is 2. The Balaban J connectivity index is 1.73. The van der Waals surface area contributed by atoms with Crippen molar-refractivity contribution in [2.45, 2.75) is 40.2 Å². The minimum Gasteiger partial charge on any atom is -0.507 e. The predicted octanol–water partition coefficient (Wildman–Crippen LogP) is 4.66. The maximum absolute atomic E-state index is 13.5. The van der Waals surface area contributed by atoms with E-state index in [-0.39, 0.29) is 11.3 Å². The summed E-state index contributed by atoms with van der Waals surface area (Å²) < 4.78 is 22.9. The van der Waals surface area contributed by atoms with Gasteiger partial charge in [0.25, 0.3) is 11.7 Å². The Morgan fingerprint density at radius 3 is 2.32 bits per heavy atom. The van der Waals surface area contributed by atoms with Gasteiger partial charge in [0.15, 0.2) is 11.5 Å². The minimum absolute atomic E-state index is 0.0528. The van der Waals surface area contributed by atoms with E-state index in [2.05, 4.69) is 18.7 Å². The molecule has 1 amide bonds. The highest BCUT2D eigenvalue weighted by Gasteiger charge is 2.46. The number of carbonyl (C=O) groups excluding carboxylic acids is 2. The second kappa shape index (κ2) is 14.4. The van der Waals surface area contributed by atoms with Crippen LogP contribution in [0.2, 0.25) is 0 Å². The van der Waals surface area contributed by atoms with E-state index in [1.54, 1.807) is 29.2 Å². The fourth-order valence-electron chi connectivity index (χ4n) is 5.05. The topological polar surface area (TPSA) is 97.8 Å². The van der Waals surface area contributed by atoms with Crippen LogP contribution in [-0.4, -0.2) is 85.8 Å². The zero-order chi connectivity index (χ0) is 29.4. The third kappa shape index (κ3) is 7.40. The summed E-state index contributed by atoms with van der Waals surface area (Å²) in [5.41, 5.74) is 1.15. The largest absolute Gasteiger partial charge is 0.507 e. The summed E-state index contributed by atoms with van der Waals surface area (Å²) in [6.45, 7) is 13.3. The van der Waals surface area contributed by atoms with Crippen molar-refractivity contribution in [2.75, 3.05) is 59.2 Å². The first kappa shape index (κ1) is 30.4. The van der Waals surface area contributed by atoms with Crippen LogP contribution in [0, 0.1) is 5.92 Å². The first-order valence-corrected chi connectivity index (χ1v) is 14.5. The first-order chi connectivity index (χ1) is 19.8. The molecule has 9 heteroatoms. The maximum atomic E-state index is 13.5. The predicted molar refractivity (Wildman–Crippen MR) is 156 cm³/mol. The highest BCUT2D eigenvalue weighted by atomic mass is 16.5. The number of hydrogen-bond donors (Lipinski definition) is 1. The quantitative estimate of drug-likeness (QED) is 0.212. The van der Waals surface area contributed by atoms with E-state index in [4.69, 9.17) is 18.9 Å². The van der Waals surface area contributed by atoms with E-state index in [1.165, 1.54) is 0 Å². The van der Waals surface area contributed by atoms with Gasteiger partial charge in [-0.2, -0.15) is 0 Å². The number of ether oxygens (including phenoxy) is 4. The van der Waals surface area contributed by atoms with Crippen LogP contribution in [0.5, 0.6) is 17.2 Å². The Morgan fingerprint density at radius 2 is 1.66 bits per heavy atom. The summed E-state index contributed by atoms with van der Waals surface area (Å²) in [5, 5.41) is 11.4. The number of aliphatic hydroxyl groups excluding tert-OH is 1. The van der Waals surface area contributed by atoms with E-state index in [9.17, 15) is 14.7 Å². The molecule has 2 aromatic rings. The lowest BCUT2D eigenvalue weighted by Gasteiger charge is -2.31. The van der Waals surface area contributed by atoms with Crippen molar-refractivity contribution in [2.24, 2.45) is 5.92 Å². The molecule has 2 fully saturated rings. The Kier molecular flexibility index (Phi) is 10.7. The Bertz CT molecular complexity index is 1220. The van der Waals surface area contributed by atoms with Crippen molar-refractivity contribution in [3.8, 4) is 17.2 Å². The van der Waals surface area contributed by atoms with Crippen LogP contribution >= 0.6 is 0 Å². The summed E-state index contributed by atoms with van der Waals surface area (Å²) in [6, 6.07) is 11.5. The zero-order valence-electron chi connectivity index (χ0n) is 24.6. The molecule has 0 aliphatic carbocycles. The summed E-state index contributed by atoms with van der Waals surface area (Å²) in [5.74, 6) is 0.728. The smallest absolute Gasteiger partial charge is 0.295 e.